The molecule has 4 aromatic heterocycles. The summed E-state index contributed by atoms with van der Waals surface area (Å²) in [5.41, 5.74) is 7.95. The average molecular weight is 671 g/mol. The summed E-state index contributed by atoms with van der Waals surface area (Å²) in [5, 5.41) is 8.50. The Morgan fingerprint density at radius 3 is 1.92 bits per heavy atom. The molecule has 0 aliphatic heterocycles. The number of nitrogens with zero attached hydrogens (tertiary/aromatic N) is 9. The number of carbonyl (C=O) groups excluding carboxylic acids is 2. The third-order valence-corrected chi connectivity index (χ3v) is 7.11. The molecule has 4 N–H and O–H groups in total. The summed E-state index contributed by atoms with van der Waals surface area (Å²) in [4.78, 5) is 59.2. The van der Waals surface area contributed by atoms with Gasteiger partial charge in [-0.2, -0.15) is 0 Å². The molecule has 6 aromatic rings. The van der Waals surface area contributed by atoms with E-state index in [1.54, 1.807) is 81.8 Å². The number of carbonyl (C=O) groups is 2. The summed E-state index contributed by atoms with van der Waals surface area (Å²) in [7, 11) is 3.14. The standard InChI is InChI=1S/C34H30N12O4/c1-21-4-9-24(18-39-21)45(31(47)27-14-16-37-33(35)43-27)46(29-19-36-20-40-30(29)41-22-5-10-25(49-2)11-6-22)32(48)28-15-17-38-34(44-28)42-23-7-12-26(50-3)13-8-23/h4-20H,1-3H3,(H2,35,37,43)(H,36,40,41)(H,38,42,44). The highest BCUT2D eigenvalue weighted by Gasteiger charge is 2.35. The van der Waals surface area contributed by atoms with Gasteiger partial charge in [-0.3, -0.25) is 14.6 Å². The highest BCUT2D eigenvalue weighted by molar-refractivity contribution is 6.16. The molecular weight excluding hydrogens is 640 g/mol. The number of pyridine rings is 1. The minimum atomic E-state index is -0.742. The molecule has 0 aliphatic carbocycles. The summed E-state index contributed by atoms with van der Waals surface area (Å²) in [6.07, 6.45) is 6.92. The number of aryl methyl sites for hydroxylation is 1. The van der Waals surface area contributed by atoms with Crippen molar-refractivity contribution in [2.45, 2.75) is 6.92 Å². The minimum Gasteiger partial charge on any atom is -0.497 e. The molecule has 50 heavy (non-hydrogen) atoms. The van der Waals surface area contributed by atoms with Gasteiger partial charge in [0.25, 0.3) is 11.8 Å². The Morgan fingerprint density at radius 1 is 0.680 bits per heavy atom. The fraction of sp³-hybridized carbons (Fsp3) is 0.0882. The number of amides is 2. The fourth-order valence-electron chi connectivity index (χ4n) is 4.65. The second-order valence-electron chi connectivity index (χ2n) is 10.4. The number of nitrogen functional groups attached to an aromatic ring is 1. The molecule has 2 amide bonds. The number of hydrazine groups is 1. The number of hydrogen-bond acceptors (Lipinski definition) is 14. The Balaban J connectivity index is 1.49. The lowest BCUT2D eigenvalue weighted by molar-refractivity contribution is 0.0917. The van der Waals surface area contributed by atoms with Crippen LogP contribution in [-0.4, -0.2) is 60.9 Å². The lowest BCUT2D eigenvalue weighted by Crippen LogP contribution is -2.51. The molecule has 0 spiro atoms. The largest absolute Gasteiger partial charge is 0.497 e. The first kappa shape index (κ1) is 32.7. The number of aromatic nitrogens is 7. The van der Waals surface area contributed by atoms with Gasteiger partial charge in [0.1, 0.15) is 34.9 Å². The summed E-state index contributed by atoms with van der Waals surface area (Å²) in [6, 6.07) is 20.3. The summed E-state index contributed by atoms with van der Waals surface area (Å²) < 4.78 is 10.5. The van der Waals surface area contributed by atoms with E-state index in [4.69, 9.17) is 15.2 Å². The van der Waals surface area contributed by atoms with Gasteiger partial charge in [-0.05, 0) is 79.7 Å². The van der Waals surface area contributed by atoms with Crippen molar-refractivity contribution in [1.29, 1.82) is 0 Å². The quantitative estimate of drug-likeness (QED) is 0.169. The van der Waals surface area contributed by atoms with E-state index in [-0.39, 0.29) is 40.5 Å². The summed E-state index contributed by atoms with van der Waals surface area (Å²) in [6.45, 7) is 1.80. The molecule has 0 aliphatic rings. The zero-order valence-corrected chi connectivity index (χ0v) is 27.1. The molecule has 0 bridgehead atoms. The van der Waals surface area contributed by atoms with E-state index in [0.717, 1.165) is 10.0 Å². The van der Waals surface area contributed by atoms with Crippen LogP contribution in [0.25, 0.3) is 0 Å². The van der Waals surface area contributed by atoms with Crippen molar-refractivity contribution in [3.63, 3.8) is 0 Å². The van der Waals surface area contributed by atoms with Crippen molar-refractivity contribution >= 4 is 52.3 Å². The number of methoxy groups -OCH3 is 2. The number of hydrogen-bond donors (Lipinski definition) is 3. The molecule has 0 atom stereocenters. The molecule has 0 radical (unpaired) electrons. The van der Waals surface area contributed by atoms with Gasteiger partial charge in [-0.25, -0.2) is 39.9 Å². The predicted octanol–water partition coefficient (Wildman–Crippen LogP) is 4.76. The summed E-state index contributed by atoms with van der Waals surface area (Å²) in [5.74, 6) is 0.0127. The van der Waals surface area contributed by atoms with Gasteiger partial charge < -0.3 is 25.8 Å². The Bertz CT molecular complexity index is 2110. The number of ether oxygens (including phenoxy) is 2. The van der Waals surface area contributed by atoms with Crippen molar-refractivity contribution in [3.05, 3.63) is 121 Å². The predicted molar refractivity (Wildman–Crippen MR) is 186 cm³/mol. The normalized spacial score (nSPS) is 10.5. The van der Waals surface area contributed by atoms with Gasteiger partial charge in [0.15, 0.2) is 5.82 Å². The zero-order valence-electron chi connectivity index (χ0n) is 27.1. The molecule has 4 heterocycles. The van der Waals surface area contributed by atoms with Crippen LogP contribution >= 0.6 is 0 Å². The molecular formula is C34H30N12O4. The van der Waals surface area contributed by atoms with E-state index in [9.17, 15) is 9.59 Å². The fourth-order valence-corrected chi connectivity index (χ4v) is 4.65. The smallest absolute Gasteiger partial charge is 0.296 e. The maximum absolute atomic E-state index is 14.8. The van der Waals surface area contributed by atoms with E-state index < -0.39 is 11.8 Å². The lowest BCUT2D eigenvalue weighted by atomic mass is 10.2. The Kier molecular flexibility index (Phi) is 9.60. The van der Waals surface area contributed by atoms with E-state index >= 15 is 0 Å². The van der Waals surface area contributed by atoms with Crippen LogP contribution in [0.1, 0.15) is 26.7 Å². The third-order valence-electron chi connectivity index (χ3n) is 7.11. The number of rotatable bonds is 10. The molecule has 0 fully saturated rings. The topological polar surface area (TPSA) is 199 Å². The van der Waals surface area contributed by atoms with E-state index in [1.165, 1.54) is 43.2 Å². The van der Waals surface area contributed by atoms with Gasteiger partial charge in [-0.1, -0.05) is 0 Å². The molecule has 6 rings (SSSR count). The average Bonchev–Trinajstić information content (AvgIpc) is 3.15. The van der Waals surface area contributed by atoms with Crippen molar-refractivity contribution in [3.8, 4) is 11.5 Å². The zero-order chi connectivity index (χ0) is 35.0. The molecule has 250 valence electrons. The first-order valence-electron chi connectivity index (χ1n) is 15.0. The van der Waals surface area contributed by atoms with E-state index in [2.05, 4.69) is 45.5 Å². The Labute approximate surface area is 286 Å². The second-order valence-corrected chi connectivity index (χ2v) is 10.4. The van der Waals surface area contributed by atoms with Crippen molar-refractivity contribution < 1.29 is 19.1 Å². The number of anilines is 7. The van der Waals surface area contributed by atoms with Gasteiger partial charge in [0.2, 0.25) is 11.9 Å². The SMILES string of the molecule is COc1ccc(Nc2nccc(C(=O)N(c3cncnc3Nc3ccc(OC)cc3)N(C(=O)c3ccnc(N)n3)c3ccc(C)nc3)n2)cc1. The minimum absolute atomic E-state index is 0.0738. The van der Waals surface area contributed by atoms with Crippen LogP contribution in [0.2, 0.25) is 0 Å². The van der Waals surface area contributed by atoms with Crippen LogP contribution in [0.15, 0.2) is 104 Å². The molecule has 16 heteroatoms. The van der Waals surface area contributed by atoms with Crippen LogP contribution in [-0.2, 0) is 0 Å². The Morgan fingerprint density at radius 2 is 1.30 bits per heavy atom. The van der Waals surface area contributed by atoms with Gasteiger partial charge in [0, 0.05) is 29.5 Å². The second kappa shape index (κ2) is 14.7. The molecule has 0 saturated heterocycles. The molecule has 2 aromatic carbocycles. The van der Waals surface area contributed by atoms with Gasteiger partial charge in [0.05, 0.1) is 32.3 Å². The maximum Gasteiger partial charge on any atom is 0.296 e. The van der Waals surface area contributed by atoms with E-state index in [1.807, 2.05) is 0 Å². The highest BCUT2D eigenvalue weighted by atomic mass is 16.5. The highest BCUT2D eigenvalue weighted by Crippen LogP contribution is 2.32. The Hall–Kier alpha value is -7.23. The molecule has 0 saturated carbocycles. The van der Waals surface area contributed by atoms with Crippen LogP contribution in [0.4, 0.5) is 40.5 Å². The van der Waals surface area contributed by atoms with Gasteiger partial charge >= 0.3 is 0 Å². The number of nitrogens with one attached hydrogen (secondary N) is 2. The number of benzene rings is 2. The lowest BCUT2D eigenvalue weighted by Gasteiger charge is -2.34. The van der Waals surface area contributed by atoms with Crippen LogP contribution in [0.3, 0.4) is 0 Å². The van der Waals surface area contributed by atoms with Crippen LogP contribution in [0, 0.1) is 6.92 Å². The van der Waals surface area contributed by atoms with E-state index in [0.29, 0.717) is 28.6 Å². The van der Waals surface area contributed by atoms with Crippen LogP contribution < -0.4 is 35.9 Å². The van der Waals surface area contributed by atoms with Crippen molar-refractivity contribution in [2.75, 3.05) is 40.6 Å². The summed E-state index contributed by atoms with van der Waals surface area (Å²) >= 11 is 0. The first-order valence-corrected chi connectivity index (χ1v) is 15.0. The third kappa shape index (κ3) is 7.33. The van der Waals surface area contributed by atoms with Crippen molar-refractivity contribution in [1.82, 2.24) is 34.9 Å². The van der Waals surface area contributed by atoms with Crippen LogP contribution in [0.5, 0.6) is 11.5 Å². The molecule has 16 nitrogen and oxygen atoms in total. The molecule has 0 unspecified atom stereocenters. The monoisotopic (exact) mass is 670 g/mol. The first-order chi connectivity index (χ1) is 24.3. The van der Waals surface area contributed by atoms with Gasteiger partial charge in [-0.15, -0.1) is 0 Å². The van der Waals surface area contributed by atoms with Crippen molar-refractivity contribution in [2.24, 2.45) is 0 Å². The maximum atomic E-state index is 14.8. The number of nitrogens with two attached hydrogens (primary N) is 1.